The van der Waals surface area contributed by atoms with E-state index >= 15 is 0 Å². The van der Waals surface area contributed by atoms with Crippen molar-refractivity contribution in [2.24, 2.45) is 0 Å². The Labute approximate surface area is 243 Å². The first kappa shape index (κ1) is 27.1. The van der Waals surface area contributed by atoms with Gasteiger partial charge in [-0.05, 0) is 49.4 Å². The number of imide groups is 1. The predicted octanol–water partition coefficient (Wildman–Crippen LogP) is 4.04. The molecule has 3 heterocycles. The third-order valence-electron chi connectivity index (χ3n) is 6.63. The first-order valence-electron chi connectivity index (χ1n) is 12.9. The largest absolute Gasteiger partial charge is 0.454 e. The summed E-state index contributed by atoms with van der Waals surface area (Å²) in [5.74, 6) is -0.595. The number of esters is 1. The lowest BCUT2D eigenvalue weighted by Gasteiger charge is -2.15. The Morgan fingerprint density at radius 2 is 1.71 bits per heavy atom. The summed E-state index contributed by atoms with van der Waals surface area (Å²) in [7, 11) is 0. The van der Waals surface area contributed by atoms with Gasteiger partial charge in [-0.25, -0.2) is 14.7 Å². The minimum atomic E-state index is -0.747. The van der Waals surface area contributed by atoms with Gasteiger partial charge in [0.25, 0.3) is 0 Å². The van der Waals surface area contributed by atoms with Crippen LogP contribution in [0.2, 0.25) is 0 Å². The summed E-state index contributed by atoms with van der Waals surface area (Å²) >= 11 is 1.05. The molecule has 1 atom stereocenters. The SMILES string of the molecule is Cc1ccc(C(=O)COC(=O)c2ccc(N3C(=O)CC(Sc4nncc(-c5ccc6c(c5)OCO6)n4)C3=O)cc2)cc1. The van der Waals surface area contributed by atoms with E-state index in [2.05, 4.69) is 15.2 Å². The van der Waals surface area contributed by atoms with E-state index in [9.17, 15) is 19.2 Å². The van der Waals surface area contributed by atoms with Crippen LogP contribution in [-0.4, -0.2) is 57.4 Å². The van der Waals surface area contributed by atoms with E-state index in [1.165, 1.54) is 30.5 Å². The van der Waals surface area contributed by atoms with E-state index < -0.39 is 29.6 Å². The molecular weight excluding hydrogens is 560 g/mol. The minimum absolute atomic E-state index is 0.0496. The van der Waals surface area contributed by atoms with E-state index in [-0.39, 0.29) is 29.7 Å². The van der Waals surface area contributed by atoms with Gasteiger partial charge in [0.05, 0.1) is 23.1 Å². The summed E-state index contributed by atoms with van der Waals surface area (Å²) in [6.45, 7) is 1.66. The molecule has 1 fully saturated rings. The van der Waals surface area contributed by atoms with Gasteiger partial charge in [0.1, 0.15) is 5.25 Å². The molecule has 1 unspecified atom stereocenters. The van der Waals surface area contributed by atoms with Crippen LogP contribution in [0.25, 0.3) is 11.3 Å². The van der Waals surface area contributed by atoms with Crippen molar-refractivity contribution in [3.63, 3.8) is 0 Å². The van der Waals surface area contributed by atoms with Crippen molar-refractivity contribution in [2.45, 2.75) is 23.8 Å². The topological polar surface area (TPSA) is 138 Å². The van der Waals surface area contributed by atoms with Crippen molar-refractivity contribution >= 4 is 41.0 Å². The van der Waals surface area contributed by atoms with Crippen LogP contribution >= 0.6 is 11.8 Å². The number of benzene rings is 3. The lowest BCUT2D eigenvalue weighted by molar-refractivity contribution is -0.121. The molecule has 2 amide bonds. The summed E-state index contributed by atoms with van der Waals surface area (Å²) in [6, 6.07) is 18.2. The first-order valence-corrected chi connectivity index (χ1v) is 13.7. The summed E-state index contributed by atoms with van der Waals surface area (Å²) in [5.41, 5.74) is 3.23. The van der Waals surface area contributed by atoms with Gasteiger partial charge in [0.15, 0.2) is 23.9 Å². The molecule has 42 heavy (non-hydrogen) atoms. The lowest BCUT2D eigenvalue weighted by Crippen LogP contribution is -2.31. The number of fused-ring (bicyclic) bond motifs is 1. The fraction of sp³-hybridized carbons (Fsp3) is 0.167. The number of anilines is 1. The molecule has 2 aliphatic rings. The van der Waals surface area contributed by atoms with Crippen LogP contribution in [-0.2, 0) is 14.3 Å². The van der Waals surface area contributed by atoms with Crippen LogP contribution in [0.1, 0.15) is 32.7 Å². The molecule has 11 nitrogen and oxygen atoms in total. The highest BCUT2D eigenvalue weighted by Crippen LogP contribution is 2.36. The Bertz CT molecular complexity index is 1710. The number of amides is 2. The average Bonchev–Trinajstić information content (AvgIpc) is 3.59. The molecule has 4 aromatic rings. The minimum Gasteiger partial charge on any atom is -0.454 e. The number of aromatic nitrogens is 3. The van der Waals surface area contributed by atoms with Gasteiger partial charge in [-0.1, -0.05) is 41.6 Å². The highest BCUT2D eigenvalue weighted by molar-refractivity contribution is 8.00. The second-order valence-electron chi connectivity index (χ2n) is 9.48. The molecule has 3 aromatic carbocycles. The van der Waals surface area contributed by atoms with Crippen molar-refractivity contribution in [3.05, 3.63) is 89.6 Å². The molecule has 6 rings (SSSR count). The molecule has 0 aliphatic carbocycles. The number of aryl methyl sites for hydroxylation is 1. The van der Waals surface area contributed by atoms with Crippen LogP contribution in [0.4, 0.5) is 5.69 Å². The van der Waals surface area contributed by atoms with E-state index in [4.69, 9.17) is 14.2 Å². The van der Waals surface area contributed by atoms with Gasteiger partial charge in [0, 0.05) is 17.5 Å². The highest BCUT2D eigenvalue weighted by atomic mass is 32.2. The fourth-order valence-corrected chi connectivity index (χ4v) is 5.34. The van der Waals surface area contributed by atoms with Gasteiger partial charge >= 0.3 is 5.97 Å². The second kappa shape index (κ2) is 11.4. The van der Waals surface area contributed by atoms with Crippen molar-refractivity contribution in [1.82, 2.24) is 15.2 Å². The van der Waals surface area contributed by atoms with E-state index in [1.807, 2.05) is 13.0 Å². The third kappa shape index (κ3) is 5.56. The number of carbonyl (C=O) groups excluding carboxylic acids is 4. The zero-order valence-corrected chi connectivity index (χ0v) is 23.0. The molecule has 0 spiro atoms. The standard InChI is InChI=1S/C30H22N4O7S/c1-17-2-4-18(5-3-17)23(35)15-39-29(38)19-6-9-21(10-7-19)34-27(36)13-26(28(34)37)42-30-32-22(14-31-33-30)20-8-11-24-25(12-20)41-16-40-24/h2-12,14,26H,13,15-16H2,1H3. The molecule has 210 valence electrons. The Balaban J connectivity index is 1.09. The third-order valence-corrected chi connectivity index (χ3v) is 7.67. The van der Waals surface area contributed by atoms with Gasteiger partial charge < -0.3 is 14.2 Å². The normalized spacial score (nSPS) is 15.6. The zero-order chi connectivity index (χ0) is 29.2. The van der Waals surface area contributed by atoms with E-state index in [0.717, 1.165) is 27.8 Å². The number of Topliss-reactive ketones (excluding diaryl/α,β-unsaturated/α-hetero) is 1. The van der Waals surface area contributed by atoms with Crippen molar-refractivity contribution in [2.75, 3.05) is 18.3 Å². The van der Waals surface area contributed by atoms with Crippen molar-refractivity contribution in [1.29, 1.82) is 0 Å². The molecule has 1 aromatic heterocycles. The summed E-state index contributed by atoms with van der Waals surface area (Å²) < 4.78 is 15.9. The first-order chi connectivity index (χ1) is 20.4. The average molecular weight is 583 g/mol. The molecule has 2 aliphatic heterocycles. The van der Waals surface area contributed by atoms with Crippen LogP contribution in [0, 0.1) is 6.92 Å². The second-order valence-corrected chi connectivity index (χ2v) is 10.7. The van der Waals surface area contributed by atoms with Gasteiger partial charge in [-0.2, -0.15) is 5.10 Å². The Kier molecular flexibility index (Phi) is 7.36. The summed E-state index contributed by atoms with van der Waals surface area (Å²) in [4.78, 5) is 56.4. The molecule has 0 saturated carbocycles. The zero-order valence-electron chi connectivity index (χ0n) is 22.2. The monoisotopic (exact) mass is 582 g/mol. The molecular formula is C30H22N4O7S. The number of hydrogen-bond acceptors (Lipinski definition) is 11. The predicted molar refractivity (Wildman–Crippen MR) is 150 cm³/mol. The summed E-state index contributed by atoms with van der Waals surface area (Å²) in [6.07, 6.45) is 1.45. The smallest absolute Gasteiger partial charge is 0.338 e. The molecule has 1 saturated heterocycles. The van der Waals surface area contributed by atoms with Gasteiger partial charge in [-0.3, -0.25) is 14.4 Å². The number of carbonyl (C=O) groups is 4. The molecule has 0 bridgehead atoms. The number of ether oxygens (including phenoxy) is 3. The maximum atomic E-state index is 13.2. The van der Waals surface area contributed by atoms with Crippen LogP contribution in [0.15, 0.2) is 78.1 Å². The number of thioether (sulfide) groups is 1. The number of nitrogens with zero attached hydrogens (tertiary/aromatic N) is 4. The highest BCUT2D eigenvalue weighted by Gasteiger charge is 2.41. The number of ketones is 1. The maximum absolute atomic E-state index is 13.2. The molecule has 12 heteroatoms. The van der Waals surface area contributed by atoms with Crippen LogP contribution in [0.5, 0.6) is 11.5 Å². The Hall–Kier alpha value is -5.10. The molecule has 0 N–H and O–H groups in total. The summed E-state index contributed by atoms with van der Waals surface area (Å²) in [5, 5.41) is 7.54. The quantitative estimate of drug-likeness (QED) is 0.169. The maximum Gasteiger partial charge on any atom is 0.338 e. The van der Waals surface area contributed by atoms with Gasteiger partial charge in [0.2, 0.25) is 23.8 Å². The van der Waals surface area contributed by atoms with Crippen LogP contribution < -0.4 is 14.4 Å². The van der Waals surface area contributed by atoms with Crippen molar-refractivity contribution in [3.8, 4) is 22.8 Å². The fourth-order valence-electron chi connectivity index (χ4n) is 4.41. The van der Waals surface area contributed by atoms with Crippen LogP contribution in [0.3, 0.4) is 0 Å². The van der Waals surface area contributed by atoms with Gasteiger partial charge in [-0.15, -0.1) is 5.10 Å². The lowest BCUT2D eigenvalue weighted by atomic mass is 10.1. The Morgan fingerprint density at radius 3 is 2.50 bits per heavy atom. The number of rotatable bonds is 8. The van der Waals surface area contributed by atoms with E-state index in [0.29, 0.717) is 28.4 Å². The van der Waals surface area contributed by atoms with E-state index in [1.54, 1.807) is 36.4 Å². The molecule has 0 radical (unpaired) electrons. The number of hydrogen-bond donors (Lipinski definition) is 0. The van der Waals surface area contributed by atoms with Crippen molar-refractivity contribution < 1.29 is 33.4 Å². The Morgan fingerprint density at radius 1 is 0.976 bits per heavy atom.